The van der Waals surface area contributed by atoms with Crippen LogP contribution in [0.3, 0.4) is 0 Å². The van der Waals surface area contributed by atoms with Crippen LogP contribution < -0.4 is 5.32 Å². The molecule has 260 valence electrons. The van der Waals surface area contributed by atoms with Crippen molar-refractivity contribution in [3.8, 4) is 0 Å². The van der Waals surface area contributed by atoms with Gasteiger partial charge in [0.15, 0.2) is 0 Å². The van der Waals surface area contributed by atoms with Gasteiger partial charge in [0.2, 0.25) is 5.91 Å². The van der Waals surface area contributed by atoms with E-state index in [0.29, 0.717) is 53.5 Å². The van der Waals surface area contributed by atoms with Gasteiger partial charge in [-0.3, -0.25) is 9.63 Å². The second kappa shape index (κ2) is 14.4. The summed E-state index contributed by atoms with van der Waals surface area (Å²) in [4.78, 5) is 25.3. The SMILES string of the molecule is COC1C(CN2O[C@@H](CO)[C@@H]([C@H](C)O)C2C(=O)N[C@@H]2C[C@H]3C[C@@H]([C@@H]2C)C3(C)C)CCCC1C1CC(CN(C)C)CC(N(C)C)C1. The maximum Gasteiger partial charge on any atom is 0.240 e. The third kappa shape index (κ3) is 7.16. The van der Waals surface area contributed by atoms with Crippen molar-refractivity contribution in [2.45, 2.75) is 115 Å². The van der Waals surface area contributed by atoms with E-state index in [1.54, 1.807) is 6.92 Å². The van der Waals surface area contributed by atoms with Gasteiger partial charge in [-0.2, -0.15) is 5.06 Å². The van der Waals surface area contributed by atoms with Crippen molar-refractivity contribution < 1.29 is 24.6 Å². The second-order valence-electron chi connectivity index (χ2n) is 17.0. The average molecular weight is 635 g/mol. The molecule has 3 N–H and O–H groups in total. The molecule has 1 amide bonds. The monoisotopic (exact) mass is 635 g/mol. The summed E-state index contributed by atoms with van der Waals surface area (Å²) in [5.41, 5.74) is 0.345. The molecular weight excluding hydrogens is 568 g/mol. The van der Waals surface area contributed by atoms with E-state index in [1.807, 2.05) is 12.2 Å². The van der Waals surface area contributed by atoms with E-state index in [0.717, 1.165) is 25.8 Å². The quantitative estimate of drug-likeness (QED) is 0.318. The molecule has 0 aromatic rings. The molecule has 0 aromatic heterocycles. The van der Waals surface area contributed by atoms with Crippen molar-refractivity contribution in [3.63, 3.8) is 0 Å². The molecule has 9 nitrogen and oxygen atoms in total. The minimum atomic E-state index is -0.782. The van der Waals surface area contributed by atoms with Crippen molar-refractivity contribution in [1.82, 2.24) is 20.2 Å². The number of carbonyl (C=O) groups is 1. The Morgan fingerprint density at radius 1 is 1.11 bits per heavy atom. The molecule has 5 saturated carbocycles. The Labute approximate surface area is 273 Å². The number of hydrogen-bond acceptors (Lipinski definition) is 8. The van der Waals surface area contributed by atoms with Gasteiger partial charge in [-0.25, -0.2) is 0 Å². The fraction of sp³-hybridized carbons (Fsp3) is 0.972. The second-order valence-corrected chi connectivity index (χ2v) is 17.0. The van der Waals surface area contributed by atoms with E-state index >= 15 is 0 Å². The van der Waals surface area contributed by atoms with Crippen LogP contribution >= 0.6 is 0 Å². The number of aliphatic hydroxyl groups is 2. The average Bonchev–Trinajstić information content (AvgIpc) is 3.35. The normalized spacial score (nSPS) is 44.2. The van der Waals surface area contributed by atoms with E-state index < -0.39 is 24.2 Å². The summed E-state index contributed by atoms with van der Waals surface area (Å²) >= 11 is 0. The number of methoxy groups -OCH3 is 1. The number of nitrogens with zero attached hydrogens (tertiary/aromatic N) is 3. The van der Waals surface area contributed by atoms with Crippen LogP contribution in [0.25, 0.3) is 0 Å². The van der Waals surface area contributed by atoms with Crippen LogP contribution in [-0.4, -0.2) is 122 Å². The predicted octanol–water partition coefficient (Wildman–Crippen LogP) is 3.49. The molecule has 0 radical (unpaired) electrons. The Hall–Kier alpha value is -0.810. The number of rotatable bonds is 11. The van der Waals surface area contributed by atoms with Gasteiger partial charge in [0.05, 0.1) is 18.8 Å². The van der Waals surface area contributed by atoms with Crippen LogP contribution in [0, 0.1) is 52.8 Å². The summed E-state index contributed by atoms with van der Waals surface area (Å²) in [5, 5.41) is 26.5. The first-order valence-electron chi connectivity index (χ1n) is 18.1. The fourth-order valence-corrected chi connectivity index (χ4v) is 11.0. The van der Waals surface area contributed by atoms with Gasteiger partial charge in [0, 0.05) is 44.1 Å². The molecule has 2 bridgehead atoms. The number of hydrogen-bond donors (Lipinski definition) is 3. The highest BCUT2D eigenvalue weighted by Gasteiger charge is 2.58. The van der Waals surface area contributed by atoms with Crippen LogP contribution in [0.2, 0.25) is 0 Å². The van der Waals surface area contributed by atoms with E-state index in [2.05, 4.69) is 64.1 Å². The lowest BCUT2D eigenvalue weighted by molar-refractivity contribution is -0.193. The van der Waals surface area contributed by atoms with E-state index in [9.17, 15) is 15.0 Å². The Morgan fingerprint density at radius 3 is 2.42 bits per heavy atom. The maximum atomic E-state index is 14.2. The van der Waals surface area contributed by atoms with Crippen LogP contribution in [0.5, 0.6) is 0 Å². The summed E-state index contributed by atoms with van der Waals surface area (Å²) in [7, 11) is 10.7. The Balaban J connectivity index is 1.32. The largest absolute Gasteiger partial charge is 0.394 e. The Morgan fingerprint density at radius 2 is 1.84 bits per heavy atom. The smallest absolute Gasteiger partial charge is 0.240 e. The van der Waals surface area contributed by atoms with E-state index in [1.165, 1.54) is 32.1 Å². The van der Waals surface area contributed by atoms with Crippen LogP contribution in [0.1, 0.15) is 79.1 Å². The molecule has 45 heavy (non-hydrogen) atoms. The van der Waals surface area contributed by atoms with Crippen molar-refractivity contribution in [3.05, 3.63) is 0 Å². The first kappa shape index (κ1) is 35.5. The molecule has 9 heteroatoms. The van der Waals surface area contributed by atoms with Gasteiger partial charge in [0.25, 0.3) is 0 Å². The topological polar surface area (TPSA) is 97.7 Å². The van der Waals surface area contributed by atoms with Crippen LogP contribution in [0.4, 0.5) is 0 Å². The highest BCUT2D eigenvalue weighted by molar-refractivity contribution is 5.82. The lowest BCUT2D eigenvalue weighted by Gasteiger charge is -2.62. The van der Waals surface area contributed by atoms with Crippen LogP contribution in [-0.2, 0) is 14.4 Å². The minimum absolute atomic E-state index is 0.0678. The molecule has 1 heterocycles. The van der Waals surface area contributed by atoms with Gasteiger partial charge in [-0.15, -0.1) is 0 Å². The molecule has 1 saturated heterocycles. The van der Waals surface area contributed by atoms with Crippen molar-refractivity contribution in [2.75, 3.05) is 55.0 Å². The zero-order valence-corrected chi connectivity index (χ0v) is 29.8. The predicted molar refractivity (Wildman–Crippen MR) is 177 cm³/mol. The molecule has 6 fully saturated rings. The number of amides is 1. The van der Waals surface area contributed by atoms with Gasteiger partial charge in [-0.05, 0) is 121 Å². The van der Waals surface area contributed by atoms with Crippen molar-refractivity contribution >= 4 is 5.91 Å². The van der Waals surface area contributed by atoms with Gasteiger partial charge in [-0.1, -0.05) is 27.2 Å². The number of nitrogens with one attached hydrogen (secondary N) is 1. The fourth-order valence-electron chi connectivity index (χ4n) is 11.0. The summed E-state index contributed by atoms with van der Waals surface area (Å²) in [6.07, 6.45) is 7.99. The molecule has 5 aliphatic carbocycles. The minimum Gasteiger partial charge on any atom is -0.394 e. The molecule has 6 aliphatic rings. The van der Waals surface area contributed by atoms with E-state index in [-0.39, 0.29) is 30.6 Å². The van der Waals surface area contributed by atoms with Crippen molar-refractivity contribution in [2.24, 2.45) is 52.8 Å². The Kier molecular flexibility index (Phi) is 11.3. The first-order chi connectivity index (χ1) is 21.3. The van der Waals surface area contributed by atoms with Gasteiger partial charge < -0.3 is 30.1 Å². The standard InChI is InChI=1S/C36H66N4O5/c1-21-29-16-26(36(29,3)4)17-30(21)37-35(43)33-32(22(2)42)31(20-41)45-40(33)19-24-11-10-12-28(34(24)44-9)25-13-23(18-38(5)6)14-27(15-25)39(7)8/h21-34,41-42H,10-20H2,1-9H3,(H,37,43)/t21-,22-,23?,24?,25?,26+,27?,28?,29-,30+,31-,32+,33?,34?/m0/s1. The van der Waals surface area contributed by atoms with E-state index in [4.69, 9.17) is 9.57 Å². The third-order valence-electron chi connectivity index (χ3n) is 13.5. The number of ether oxygens (including phenoxy) is 1. The summed E-state index contributed by atoms with van der Waals surface area (Å²) < 4.78 is 6.38. The van der Waals surface area contributed by atoms with Gasteiger partial charge >= 0.3 is 0 Å². The first-order valence-corrected chi connectivity index (χ1v) is 18.1. The lowest BCUT2D eigenvalue weighted by atomic mass is 9.45. The Bertz CT molecular complexity index is 992. The zero-order chi connectivity index (χ0) is 32.8. The molecule has 7 unspecified atom stereocenters. The summed E-state index contributed by atoms with van der Waals surface area (Å²) in [6.45, 7) is 10.2. The summed E-state index contributed by atoms with van der Waals surface area (Å²) in [5.74, 6) is 3.08. The molecular formula is C36H66N4O5. The molecule has 1 aliphatic heterocycles. The summed E-state index contributed by atoms with van der Waals surface area (Å²) in [6, 6.07) is 0.0732. The molecule has 14 atom stereocenters. The highest BCUT2D eigenvalue weighted by Crippen LogP contribution is 2.61. The number of hydroxylamine groups is 2. The maximum absolute atomic E-state index is 14.2. The van der Waals surface area contributed by atoms with Crippen molar-refractivity contribution in [1.29, 1.82) is 0 Å². The highest BCUT2D eigenvalue weighted by atomic mass is 16.7. The van der Waals surface area contributed by atoms with Crippen LogP contribution in [0.15, 0.2) is 0 Å². The number of aliphatic hydroxyl groups excluding tert-OH is 2. The number of fused-ring (bicyclic) bond motifs is 2. The zero-order valence-electron chi connectivity index (χ0n) is 29.8. The third-order valence-corrected chi connectivity index (χ3v) is 13.5. The number of carbonyl (C=O) groups excluding carboxylic acids is 1. The molecule has 0 spiro atoms. The molecule has 6 rings (SSSR count). The molecule has 0 aromatic carbocycles. The van der Waals surface area contributed by atoms with Gasteiger partial charge in [0.1, 0.15) is 12.1 Å². The lowest BCUT2D eigenvalue weighted by Crippen LogP contribution is -2.62.